The highest BCUT2D eigenvalue weighted by molar-refractivity contribution is 7.40. The Kier molecular flexibility index (Phi) is 2.42. The van der Waals surface area contributed by atoms with Gasteiger partial charge in [-0.05, 0) is 39.2 Å². The number of rotatable bonds is 2. The number of benzene rings is 1. The summed E-state index contributed by atoms with van der Waals surface area (Å²) in [5.74, 6) is 0. The molecule has 0 N–H and O–H groups in total. The largest absolute Gasteiger partial charge is 0.590 e. The Labute approximate surface area is 93.9 Å². The number of fused-ring (bicyclic) bond motifs is 1. The highest BCUT2D eigenvalue weighted by atomic mass is 31.1. The first-order valence-electron chi connectivity index (χ1n) is 5.39. The molecule has 1 aromatic heterocycles. The van der Waals surface area contributed by atoms with Crippen molar-refractivity contribution in [2.24, 2.45) is 0 Å². The van der Waals surface area contributed by atoms with Crippen molar-refractivity contribution in [1.29, 1.82) is 0 Å². The fraction of sp³-hybridized carbons (Fsp3) is 0.400. The molecule has 2 aromatic rings. The van der Waals surface area contributed by atoms with E-state index >= 15 is 0 Å². The fourth-order valence-corrected chi connectivity index (χ4v) is 3.30. The molecule has 2 heterocycles. The van der Waals surface area contributed by atoms with Gasteiger partial charge in [-0.15, -0.1) is 5.10 Å². The van der Waals surface area contributed by atoms with Crippen molar-refractivity contribution < 1.29 is 4.57 Å². The SMILES string of the molecule is O=[P+](N1CCCC1)n1nnc2ccccc21. The van der Waals surface area contributed by atoms with Gasteiger partial charge in [-0.2, -0.15) is 0 Å². The van der Waals surface area contributed by atoms with E-state index in [0.29, 0.717) is 0 Å². The second-order valence-corrected chi connectivity index (χ2v) is 5.33. The molecule has 1 aliphatic heterocycles. The molecule has 3 rings (SSSR count). The summed E-state index contributed by atoms with van der Waals surface area (Å²) in [6.07, 6.45) is 2.24. The molecule has 0 spiro atoms. The van der Waals surface area contributed by atoms with Gasteiger partial charge in [0.2, 0.25) is 0 Å². The minimum Gasteiger partial charge on any atom is -0.127 e. The van der Waals surface area contributed by atoms with Crippen molar-refractivity contribution in [1.82, 2.24) is 19.4 Å². The summed E-state index contributed by atoms with van der Waals surface area (Å²) >= 11 is 0. The van der Waals surface area contributed by atoms with Gasteiger partial charge in [0.1, 0.15) is 11.0 Å². The lowest BCUT2D eigenvalue weighted by atomic mass is 10.3. The van der Waals surface area contributed by atoms with Gasteiger partial charge in [-0.25, -0.2) is 0 Å². The van der Waals surface area contributed by atoms with Crippen LogP contribution in [0.3, 0.4) is 0 Å². The number of hydrogen-bond acceptors (Lipinski definition) is 3. The summed E-state index contributed by atoms with van der Waals surface area (Å²) in [7, 11) is -1.61. The van der Waals surface area contributed by atoms with Crippen LogP contribution in [0.1, 0.15) is 12.8 Å². The molecule has 0 bridgehead atoms. The zero-order valence-electron chi connectivity index (χ0n) is 8.78. The number of para-hydroxylation sites is 1. The van der Waals surface area contributed by atoms with E-state index in [4.69, 9.17) is 0 Å². The third-order valence-corrected chi connectivity index (χ3v) is 4.32. The summed E-state index contributed by atoms with van der Waals surface area (Å²) in [6.45, 7) is 1.78. The average molecular weight is 235 g/mol. The summed E-state index contributed by atoms with van der Waals surface area (Å²) < 4.78 is 15.8. The summed E-state index contributed by atoms with van der Waals surface area (Å²) in [4.78, 5) is 0. The Bertz CT molecular complexity index is 532. The highest BCUT2D eigenvalue weighted by Crippen LogP contribution is 2.34. The van der Waals surface area contributed by atoms with E-state index in [0.717, 1.165) is 37.0 Å². The van der Waals surface area contributed by atoms with Crippen molar-refractivity contribution in [2.45, 2.75) is 12.8 Å². The van der Waals surface area contributed by atoms with Crippen LogP contribution in [0.25, 0.3) is 11.0 Å². The molecule has 0 saturated carbocycles. The van der Waals surface area contributed by atoms with Gasteiger partial charge >= 0.3 is 8.10 Å². The van der Waals surface area contributed by atoms with Gasteiger partial charge in [0.05, 0.1) is 0 Å². The second-order valence-electron chi connectivity index (χ2n) is 3.88. The van der Waals surface area contributed by atoms with E-state index in [9.17, 15) is 4.57 Å². The highest BCUT2D eigenvalue weighted by Gasteiger charge is 2.35. The molecule has 0 radical (unpaired) electrons. The molecule has 0 aliphatic carbocycles. The van der Waals surface area contributed by atoms with Crippen molar-refractivity contribution in [3.8, 4) is 0 Å². The van der Waals surface area contributed by atoms with E-state index in [1.54, 1.807) is 0 Å². The zero-order valence-corrected chi connectivity index (χ0v) is 9.68. The smallest absolute Gasteiger partial charge is 0.127 e. The molecular formula is C10H12N4OP+. The van der Waals surface area contributed by atoms with E-state index in [1.165, 1.54) is 4.45 Å². The molecule has 82 valence electrons. The summed E-state index contributed by atoms with van der Waals surface area (Å²) in [6, 6.07) is 7.60. The molecule has 1 atom stereocenters. The van der Waals surface area contributed by atoms with Crippen LogP contribution >= 0.6 is 8.10 Å². The van der Waals surface area contributed by atoms with Gasteiger partial charge in [-0.3, -0.25) is 0 Å². The van der Waals surface area contributed by atoms with Crippen molar-refractivity contribution in [3.05, 3.63) is 24.3 Å². The Balaban J connectivity index is 2.02. The third-order valence-electron chi connectivity index (χ3n) is 2.82. The normalized spacial score (nSPS) is 18.1. The van der Waals surface area contributed by atoms with Crippen LogP contribution in [0.5, 0.6) is 0 Å². The van der Waals surface area contributed by atoms with Gasteiger partial charge in [0.25, 0.3) is 0 Å². The maximum absolute atomic E-state index is 12.3. The summed E-state index contributed by atoms with van der Waals surface area (Å²) in [5, 5.41) is 7.99. The van der Waals surface area contributed by atoms with Gasteiger partial charge < -0.3 is 0 Å². The first-order chi connectivity index (χ1) is 7.86. The second kappa shape index (κ2) is 3.92. The van der Waals surface area contributed by atoms with Crippen LogP contribution in [0.15, 0.2) is 24.3 Å². The van der Waals surface area contributed by atoms with Crippen LogP contribution < -0.4 is 0 Å². The van der Waals surface area contributed by atoms with E-state index in [1.807, 2.05) is 28.9 Å². The average Bonchev–Trinajstić information content (AvgIpc) is 2.98. The Morgan fingerprint density at radius 2 is 1.94 bits per heavy atom. The molecule has 1 aromatic carbocycles. The van der Waals surface area contributed by atoms with E-state index in [-0.39, 0.29) is 0 Å². The minimum atomic E-state index is -1.61. The lowest BCUT2D eigenvalue weighted by Gasteiger charge is -1.98. The lowest BCUT2D eigenvalue weighted by Crippen LogP contribution is -2.13. The Morgan fingerprint density at radius 3 is 2.75 bits per heavy atom. The Morgan fingerprint density at radius 1 is 1.19 bits per heavy atom. The molecule has 16 heavy (non-hydrogen) atoms. The maximum Gasteiger partial charge on any atom is 0.590 e. The third kappa shape index (κ3) is 1.52. The first kappa shape index (κ1) is 9.87. The quantitative estimate of drug-likeness (QED) is 0.747. The standard InChI is InChI=1S/C10H12N4OP/c15-16(13-7-3-4-8-13)14-10-6-2-1-5-9(10)11-12-14/h1-2,5-6H,3-4,7-8H2/q+1. The molecule has 1 fully saturated rings. The van der Waals surface area contributed by atoms with Gasteiger partial charge in [0, 0.05) is 13.1 Å². The molecule has 5 nitrogen and oxygen atoms in total. The molecular weight excluding hydrogens is 223 g/mol. The lowest BCUT2D eigenvalue weighted by molar-refractivity contribution is 0.481. The van der Waals surface area contributed by atoms with Crippen LogP contribution in [0, 0.1) is 0 Å². The molecule has 1 unspecified atom stereocenters. The number of aromatic nitrogens is 3. The van der Waals surface area contributed by atoms with Crippen molar-refractivity contribution >= 4 is 19.1 Å². The topological polar surface area (TPSA) is 51.0 Å². The van der Waals surface area contributed by atoms with Crippen LogP contribution in [-0.4, -0.2) is 32.5 Å². The van der Waals surface area contributed by atoms with Gasteiger partial charge in [-0.1, -0.05) is 16.8 Å². The predicted molar refractivity (Wildman–Crippen MR) is 61.3 cm³/mol. The zero-order chi connectivity index (χ0) is 11.0. The summed E-state index contributed by atoms with van der Waals surface area (Å²) in [5.41, 5.74) is 1.64. The predicted octanol–water partition coefficient (Wildman–Crippen LogP) is 2.03. The molecule has 0 amide bonds. The van der Waals surface area contributed by atoms with Crippen LogP contribution in [0.2, 0.25) is 0 Å². The maximum atomic E-state index is 12.3. The van der Waals surface area contributed by atoms with Crippen LogP contribution in [0.4, 0.5) is 0 Å². The minimum absolute atomic E-state index is 0.796. The molecule has 1 saturated heterocycles. The van der Waals surface area contributed by atoms with Crippen molar-refractivity contribution in [2.75, 3.05) is 13.1 Å². The Hall–Kier alpha value is -1.32. The number of nitrogens with zero attached hydrogens (tertiary/aromatic N) is 4. The van der Waals surface area contributed by atoms with Crippen LogP contribution in [-0.2, 0) is 4.57 Å². The number of hydrogen-bond donors (Lipinski definition) is 0. The van der Waals surface area contributed by atoms with Gasteiger partial charge in [0.15, 0.2) is 0 Å². The first-order valence-corrected chi connectivity index (χ1v) is 6.55. The monoisotopic (exact) mass is 235 g/mol. The van der Waals surface area contributed by atoms with E-state index in [2.05, 4.69) is 10.3 Å². The fourth-order valence-electron chi connectivity index (χ4n) is 1.97. The molecule has 6 heteroatoms. The van der Waals surface area contributed by atoms with E-state index < -0.39 is 8.10 Å². The molecule has 1 aliphatic rings. The van der Waals surface area contributed by atoms with Crippen molar-refractivity contribution in [3.63, 3.8) is 0 Å².